The number of halogens is 1. The molecule has 1 aromatic heterocycles. The topological polar surface area (TPSA) is 102 Å². The fraction of sp³-hybridized carbons (Fsp3) is 0.143. The number of benzene rings is 2. The second-order valence-corrected chi connectivity index (χ2v) is 7.12. The quantitative estimate of drug-likeness (QED) is 0.514. The molecule has 3 rings (SSSR count). The molecule has 0 fully saturated rings. The van der Waals surface area contributed by atoms with E-state index in [2.05, 4.69) is 20.8 Å². The van der Waals surface area contributed by atoms with Gasteiger partial charge < -0.3 is 20.1 Å². The van der Waals surface area contributed by atoms with Crippen LogP contribution in [0.25, 0.3) is 0 Å². The third-order valence-corrected chi connectivity index (χ3v) is 4.92. The Morgan fingerprint density at radius 1 is 1.00 bits per heavy atom. The van der Waals surface area contributed by atoms with E-state index < -0.39 is 11.7 Å². The van der Waals surface area contributed by atoms with Crippen LogP contribution in [0.4, 0.5) is 15.9 Å². The van der Waals surface area contributed by atoms with Crippen molar-refractivity contribution < 1.29 is 23.5 Å². The van der Waals surface area contributed by atoms with E-state index in [1.165, 1.54) is 44.2 Å². The van der Waals surface area contributed by atoms with Crippen LogP contribution in [0.5, 0.6) is 11.5 Å². The molecule has 160 valence electrons. The lowest BCUT2D eigenvalue weighted by atomic mass is 10.2. The van der Waals surface area contributed by atoms with E-state index in [9.17, 15) is 14.0 Å². The molecule has 0 aliphatic rings. The molecule has 0 saturated carbocycles. The van der Waals surface area contributed by atoms with Crippen LogP contribution in [-0.2, 0) is 4.79 Å². The number of amides is 2. The minimum absolute atomic E-state index is 0.0873. The van der Waals surface area contributed by atoms with Gasteiger partial charge in [0.2, 0.25) is 5.91 Å². The predicted octanol–water partition coefficient (Wildman–Crippen LogP) is 3.62. The van der Waals surface area contributed by atoms with Crippen LogP contribution in [0.1, 0.15) is 10.4 Å². The second-order valence-electron chi connectivity index (χ2n) is 6.12. The average Bonchev–Trinajstić information content (AvgIpc) is 2.78. The van der Waals surface area contributed by atoms with Gasteiger partial charge in [0.05, 0.1) is 25.7 Å². The molecule has 2 aromatic carbocycles. The summed E-state index contributed by atoms with van der Waals surface area (Å²) >= 11 is 1.18. The van der Waals surface area contributed by atoms with Crippen molar-refractivity contribution in [2.24, 2.45) is 0 Å². The number of thioether (sulfide) groups is 1. The Bertz CT molecular complexity index is 1080. The van der Waals surface area contributed by atoms with Crippen molar-refractivity contribution in [2.75, 3.05) is 30.6 Å². The van der Waals surface area contributed by atoms with Crippen LogP contribution in [0.2, 0.25) is 0 Å². The van der Waals surface area contributed by atoms with Crippen molar-refractivity contribution in [1.29, 1.82) is 0 Å². The summed E-state index contributed by atoms with van der Waals surface area (Å²) in [6.07, 6.45) is 0. The van der Waals surface area contributed by atoms with Crippen molar-refractivity contribution in [1.82, 2.24) is 10.2 Å². The second kappa shape index (κ2) is 10.4. The molecule has 2 N–H and O–H groups in total. The first-order valence-corrected chi connectivity index (χ1v) is 10.0. The smallest absolute Gasteiger partial charge is 0.256 e. The van der Waals surface area contributed by atoms with E-state index in [1.807, 2.05) is 0 Å². The van der Waals surface area contributed by atoms with E-state index in [0.29, 0.717) is 22.2 Å². The van der Waals surface area contributed by atoms with Crippen molar-refractivity contribution in [2.45, 2.75) is 5.03 Å². The molecule has 10 heteroatoms. The lowest BCUT2D eigenvalue weighted by Crippen LogP contribution is -2.15. The van der Waals surface area contributed by atoms with Gasteiger partial charge in [-0.05, 0) is 42.5 Å². The molecule has 0 unspecified atom stereocenters. The summed E-state index contributed by atoms with van der Waals surface area (Å²) in [6, 6.07) is 13.6. The van der Waals surface area contributed by atoms with Gasteiger partial charge in [-0.3, -0.25) is 9.59 Å². The van der Waals surface area contributed by atoms with Crippen LogP contribution >= 0.6 is 11.8 Å². The first kappa shape index (κ1) is 22.0. The molecule has 31 heavy (non-hydrogen) atoms. The Morgan fingerprint density at radius 2 is 1.84 bits per heavy atom. The van der Waals surface area contributed by atoms with E-state index in [0.717, 1.165) is 6.07 Å². The summed E-state index contributed by atoms with van der Waals surface area (Å²) in [7, 11) is 3.04. The van der Waals surface area contributed by atoms with Crippen molar-refractivity contribution in [3.63, 3.8) is 0 Å². The highest BCUT2D eigenvalue weighted by Gasteiger charge is 2.11. The Balaban J connectivity index is 1.54. The zero-order chi connectivity index (χ0) is 22.2. The molecular weight excluding hydrogens is 423 g/mol. The molecule has 0 atom stereocenters. The standard InChI is InChI=1S/C21H19FN4O4S/c1-29-15-6-7-17(30-2)16(11-15)23-19(27)12-31-20-9-8-18(25-26-20)24-21(28)13-4-3-5-14(22)10-13/h3-11H,12H2,1-2H3,(H,23,27)(H,24,25,28). The third-order valence-electron chi connectivity index (χ3n) is 4.00. The number of rotatable bonds is 8. The number of ether oxygens (including phenoxy) is 2. The predicted molar refractivity (Wildman–Crippen MR) is 115 cm³/mol. The number of aromatic nitrogens is 2. The molecule has 0 bridgehead atoms. The van der Waals surface area contributed by atoms with Crippen molar-refractivity contribution in [3.8, 4) is 11.5 Å². The maximum atomic E-state index is 13.2. The molecule has 0 radical (unpaired) electrons. The van der Waals surface area contributed by atoms with Gasteiger partial charge in [-0.2, -0.15) is 0 Å². The van der Waals surface area contributed by atoms with Crippen LogP contribution in [0.15, 0.2) is 59.6 Å². The van der Waals surface area contributed by atoms with Crippen LogP contribution in [0.3, 0.4) is 0 Å². The zero-order valence-corrected chi connectivity index (χ0v) is 17.5. The fourth-order valence-electron chi connectivity index (χ4n) is 2.52. The van der Waals surface area contributed by atoms with Gasteiger partial charge in [-0.25, -0.2) is 4.39 Å². The number of nitrogens with zero attached hydrogens (tertiary/aromatic N) is 2. The number of nitrogens with one attached hydrogen (secondary N) is 2. The monoisotopic (exact) mass is 442 g/mol. The Hall–Kier alpha value is -3.66. The molecule has 0 spiro atoms. The normalized spacial score (nSPS) is 10.3. The van der Waals surface area contributed by atoms with E-state index in [1.54, 1.807) is 30.3 Å². The summed E-state index contributed by atoms with van der Waals surface area (Å²) in [4.78, 5) is 24.4. The number of hydrogen-bond acceptors (Lipinski definition) is 7. The number of carbonyl (C=O) groups excluding carboxylic acids is 2. The zero-order valence-electron chi connectivity index (χ0n) is 16.7. The van der Waals surface area contributed by atoms with Gasteiger partial charge in [0.25, 0.3) is 5.91 Å². The fourth-order valence-corrected chi connectivity index (χ4v) is 3.13. The number of methoxy groups -OCH3 is 2. The first-order chi connectivity index (χ1) is 15.0. The molecule has 0 aliphatic carbocycles. The summed E-state index contributed by atoms with van der Waals surface area (Å²) in [5, 5.41) is 13.7. The Kier molecular flexibility index (Phi) is 7.39. The lowest BCUT2D eigenvalue weighted by molar-refractivity contribution is -0.113. The summed E-state index contributed by atoms with van der Waals surface area (Å²) in [5.41, 5.74) is 0.666. The summed E-state index contributed by atoms with van der Waals surface area (Å²) in [5.74, 6) is 0.134. The maximum absolute atomic E-state index is 13.2. The highest BCUT2D eigenvalue weighted by Crippen LogP contribution is 2.29. The average molecular weight is 442 g/mol. The van der Waals surface area contributed by atoms with Crippen molar-refractivity contribution in [3.05, 3.63) is 66.0 Å². The molecule has 3 aromatic rings. The highest BCUT2D eigenvalue weighted by molar-refractivity contribution is 7.99. The first-order valence-electron chi connectivity index (χ1n) is 9.04. The lowest BCUT2D eigenvalue weighted by Gasteiger charge is -2.11. The minimum Gasteiger partial charge on any atom is -0.497 e. The molecule has 0 saturated heterocycles. The number of carbonyl (C=O) groups is 2. The molecule has 2 amide bonds. The minimum atomic E-state index is -0.504. The Labute approximate surface area is 182 Å². The third kappa shape index (κ3) is 6.16. The molecule has 1 heterocycles. The van der Waals surface area contributed by atoms with Crippen LogP contribution in [-0.4, -0.2) is 42.0 Å². The highest BCUT2D eigenvalue weighted by atomic mass is 32.2. The van der Waals surface area contributed by atoms with Gasteiger partial charge in [0.15, 0.2) is 5.82 Å². The van der Waals surface area contributed by atoms with Gasteiger partial charge in [0, 0.05) is 11.6 Å². The van der Waals surface area contributed by atoms with Gasteiger partial charge in [0.1, 0.15) is 22.3 Å². The molecular formula is C21H19FN4O4S. The van der Waals surface area contributed by atoms with Gasteiger partial charge in [-0.15, -0.1) is 10.2 Å². The maximum Gasteiger partial charge on any atom is 0.256 e. The number of hydrogen-bond donors (Lipinski definition) is 2. The van der Waals surface area contributed by atoms with Gasteiger partial charge >= 0.3 is 0 Å². The molecule has 0 aliphatic heterocycles. The summed E-state index contributed by atoms with van der Waals surface area (Å²) in [6.45, 7) is 0. The summed E-state index contributed by atoms with van der Waals surface area (Å²) < 4.78 is 23.6. The van der Waals surface area contributed by atoms with Crippen molar-refractivity contribution >= 4 is 35.1 Å². The van der Waals surface area contributed by atoms with Crippen LogP contribution < -0.4 is 20.1 Å². The van der Waals surface area contributed by atoms with Gasteiger partial charge in [-0.1, -0.05) is 17.8 Å². The van der Waals surface area contributed by atoms with Crippen LogP contribution in [0, 0.1) is 5.82 Å². The SMILES string of the molecule is COc1ccc(OC)c(NC(=O)CSc2ccc(NC(=O)c3cccc(F)c3)nn2)c1. The van der Waals surface area contributed by atoms with E-state index in [4.69, 9.17) is 9.47 Å². The number of anilines is 2. The van der Waals surface area contributed by atoms with E-state index >= 15 is 0 Å². The van der Waals surface area contributed by atoms with E-state index in [-0.39, 0.29) is 23.0 Å². The Morgan fingerprint density at radius 3 is 2.52 bits per heavy atom. The molecule has 8 nitrogen and oxygen atoms in total. The largest absolute Gasteiger partial charge is 0.497 e.